The van der Waals surface area contributed by atoms with Gasteiger partial charge in [-0.1, -0.05) is 36.4 Å². The maximum Gasteiger partial charge on any atom is 0.391 e. The molecule has 4 rings (SSSR count). The van der Waals surface area contributed by atoms with Crippen LogP contribution in [-0.4, -0.2) is 10.5 Å². The van der Waals surface area contributed by atoms with Crippen LogP contribution in [0.2, 0.25) is 0 Å². The standard InChI is InChI=1S/C16H12N4O3/c1-3-7-13(8-4-1)19-11-15(22-17-19)21-16-12-20(18-23-16)14-9-5-2-6-10-14/h1-12H/q+2. The minimum Gasteiger partial charge on any atom is -0.380 e. The molecule has 0 radical (unpaired) electrons. The molecule has 4 aromatic rings. The molecule has 23 heavy (non-hydrogen) atoms. The van der Waals surface area contributed by atoms with E-state index in [4.69, 9.17) is 13.8 Å². The summed E-state index contributed by atoms with van der Waals surface area (Å²) >= 11 is 0. The van der Waals surface area contributed by atoms with Crippen molar-refractivity contribution in [1.82, 2.24) is 10.5 Å². The Morgan fingerprint density at radius 2 is 1.09 bits per heavy atom. The molecule has 112 valence electrons. The summed E-state index contributed by atoms with van der Waals surface area (Å²) in [5.74, 6) is 0.399. The summed E-state index contributed by atoms with van der Waals surface area (Å²) in [5, 5.41) is 7.79. The maximum atomic E-state index is 5.48. The highest BCUT2D eigenvalue weighted by Crippen LogP contribution is 2.17. The first-order valence-corrected chi connectivity index (χ1v) is 6.94. The first kappa shape index (κ1) is 13.2. The number of benzene rings is 2. The summed E-state index contributed by atoms with van der Waals surface area (Å²) in [6, 6.07) is 19.1. The van der Waals surface area contributed by atoms with E-state index in [1.807, 2.05) is 60.7 Å². The Morgan fingerprint density at radius 1 is 0.652 bits per heavy atom. The van der Waals surface area contributed by atoms with E-state index in [1.54, 1.807) is 21.8 Å². The quantitative estimate of drug-likeness (QED) is 0.539. The minimum atomic E-state index is 0.199. The van der Waals surface area contributed by atoms with E-state index in [2.05, 4.69) is 10.5 Å². The second-order valence-electron chi connectivity index (χ2n) is 4.70. The molecule has 0 fully saturated rings. The van der Waals surface area contributed by atoms with Crippen molar-refractivity contribution in [2.75, 3.05) is 0 Å². The highest BCUT2D eigenvalue weighted by atomic mass is 16.7. The molecule has 0 saturated heterocycles. The van der Waals surface area contributed by atoms with Crippen molar-refractivity contribution in [2.45, 2.75) is 0 Å². The largest absolute Gasteiger partial charge is 0.391 e. The summed E-state index contributed by atoms with van der Waals surface area (Å²) in [4.78, 5) is 0. The van der Waals surface area contributed by atoms with Gasteiger partial charge in [-0.15, -0.1) is 0 Å². The van der Waals surface area contributed by atoms with E-state index in [1.165, 1.54) is 0 Å². The summed E-state index contributed by atoms with van der Waals surface area (Å²) in [5.41, 5.74) is 1.73. The lowest BCUT2D eigenvalue weighted by atomic mass is 10.3. The minimum absolute atomic E-state index is 0.199. The number of aromatic nitrogens is 4. The monoisotopic (exact) mass is 308 g/mol. The van der Waals surface area contributed by atoms with Gasteiger partial charge >= 0.3 is 11.9 Å². The van der Waals surface area contributed by atoms with E-state index < -0.39 is 0 Å². The molecule has 0 amide bonds. The molecule has 0 aliphatic carbocycles. The van der Waals surface area contributed by atoms with E-state index >= 15 is 0 Å². The van der Waals surface area contributed by atoms with Crippen LogP contribution in [-0.2, 0) is 0 Å². The molecule has 0 spiro atoms. The van der Waals surface area contributed by atoms with Crippen molar-refractivity contribution < 1.29 is 23.1 Å². The van der Waals surface area contributed by atoms with Crippen LogP contribution in [0.1, 0.15) is 0 Å². The Kier molecular flexibility index (Phi) is 3.28. The Hall–Kier alpha value is -3.48. The molecule has 7 nitrogen and oxygen atoms in total. The molecule has 0 aliphatic rings. The van der Waals surface area contributed by atoms with Gasteiger partial charge in [-0.25, -0.2) is 0 Å². The highest BCUT2D eigenvalue weighted by molar-refractivity contribution is 5.22. The first-order chi connectivity index (χ1) is 11.4. The van der Waals surface area contributed by atoms with Crippen LogP contribution in [0.25, 0.3) is 11.4 Å². The molecular weight excluding hydrogens is 296 g/mol. The summed E-state index contributed by atoms with van der Waals surface area (Å²) in [6.07, 6.45) is 3.23. The predicted molar refractivity (Wildman–Crippen MR) is 76.1 cm³/mol. The first-order valence-electron chi connectivity index (χ1n) is 6.94. The number of ether oxygens (including phenoxy) is 1. The van der Waals surface area contributed by atoms with Crippen LogP contribution in [0.4, 0.5) is 0 Å². The third-order valence-corrected chi connectivity index (χ3v) is 3.14. The second kappa shape index (κ2) is 5.72. The lowest BCUT2D eigenvalue weighted by Crippen LogP contribution is -2.31. The SMILES string of the molecule is c1ccc(-[n+]2cc(Oc3c[n+](-c4ccccc4)no3)on2)cc1. The fourth-order valence-electron chi connectivity index (χ4n) is 2.06. The van der Waals surface area contributed by atoms with E-state index in [0.29, 0.717) is 0 Å². The zero-order valence-corrected chi connectivity index (χ0v) is 11.9. The molecule has 0 N–H and O–H groups in total. The van der Waals surface area contributed by atoms with Crippen molar-refractivity contribution in [3.8, 4) is 23.3 Å². The van der Waals surface area contributed by atoms with Crippen LogP contribution >= 0.6 is 0 Å². The molecule has 0 bridgehead atoms. The van der Waals surface area contributed by atoms with Gasteiger partial charge in [0.05, 0.1) is 0 Å². The highest BCUT2D eigenvalue weighted by Gasteiger charge is 2.21. The molecule has 0 atom stereocenters. The lowest BCUT2D eigenvalue weighted by molar-refractivity contribution is -0.670. The zero-order chi connectivity index (χ0) is 15.5. The topological polar surface area (TPSA) is 69.0 Å². The molecule has 2 aromatic heterocycles. The van der Waals surface area contributed by atoms with Crippen LogP contribution < -0.4 is 14.1 Å². The maximum absolute atomic E-state index is 5.48. The Morgan fingerprint density at radius 3 is 1.52 bits per heavy atom. The van der Waals surface area contributed by atoms with Crippen LogP contribution in [0.5, 0.6) is 11.9 Å². The van der Waals surface area contributed by atoms with Crippen molar-refractivity contribution in [3.05, 3.63) is 73.1 Å². The molecule has 2 aromatic carbocycles. The molecule has 0 unspecified atom stereocenters. The third kappa shape index (κ3) is 2.80. The van der Waals surface area contributed by atoms with Crippen molar-refractivity contribution in [2.24, 2.45) is 0 Å². The number of para-hydroxylation sites is 2. The van der Waals surface area contributed by atoms with Crippen molar-refractivity contribution in [3.63, 3.8) is 0 Å². The van der Waals surface area contributed by atoms with Crippen LogP contribution in [0.3, 0.4) is 0 Å². The molecule has 7 heteroatoms. The van der Waals surface area contributed by atoms with Gasteiger partial charge in [0, 0.05) is 24.3 Å². The van der Waals surface area contributed by atoms with Gasteiger partial charge < -0.3 is 4.74 Å². The van der Waals surface area contributed by atoms with E-state index in [9.17, 15) is 0 Å². The van der Waals surface area contributed by atoms with Gasteiger partial charge in [0.2, 0.25) is 21.9 Å². The smallest absolute Gasteiger partial charge is 0.380 e. The second-order valence-corrected chi connectivity index (χ2v) is 4.70. The van der Waals surface area contributed by atoms with Gasteiger partial charge in [-0.3, -0.25) is 9.05 Å². The molecule has 0 aliphatic heterocycles. The van der Waals surface area contributed by atoms with Gasteiger partial charge in [0.15, 0.2) is 0 Å². The summed E-state index contributed by atoms with van der Waals surface area (Å²) in [6.45, 7) is 0. The molecular formula is C16H12N4O3+2. The number of hydrogen-bond donors (Lipinski definition) is 0. The predicted octanol–water partition coefficient (Wildman–Crippen LogP) is 2.01. The normalized spacial score (nSPS) is 10.6. The van der Waals surface area contributed by atoms with Crippen molar-refractivity contribution in [1.29, 1.82) is 0 Å². The molecule has 2 heterocycles. The van der Waals surface area contributed by atoms with Gasteiger partial charge in [0.1, 0.15) is 0 Å². The Bertz CT molecular complexity index is 828. The fourth-order valence-corrected chi connectivity index (χ4v) is 2.06. The van der Waals surface area contributed by atoms with E-state index in [0.717, 1.165) is 11.4 Å². The van der Waals surface area contributed by atoms with Gasteiger partial charge in [0.25, 0.3) is 12.4 Å². The number of hydrogen-bond acceptors (Lipinski definition) is 5. The van der Waals surface area contributed by atoms with Gasteiger partial charge in [-0.05, 0) is 9.36 Å². The van der Waals surface area contributed by atoms with Crippen molar-refractivity contribution >= 4 is 0 Å². The number of nitrogens with zero attached hydrogens (tertiary/aromatic N) is 4. The summed E-state index contributed by atoms with van der Waals surface area (Å²) in [7, 11) is 0. The summed E-state index contributed by atoms with van der Waals surface area (Å²) < 4.78 is 18.9. The zero-order valence-electron chi connectivity index (χ0n) is 11.9. The Labute approximate surface area is 130 Å². The van der Waals surface area contributed by atoms with Gasteiger partial charge in [-0.2, -0.15) is 0 Å². The lowest BCUT2D eigenvalue weighted by Gasteiger charge is -1.86. The fraction of sp³-hybridized carbons (Fsp3) is 0. The average molecular weight is 308 g/mol. The average Bonchev–Trinajstić information content (AvgIpc) is 3.27. The van der Waals surface area contributed by atoms with E-state index in [-0.39, 0.29) is 11.9 Å². The van der Waals surface area contributed by atoms with Crippen LogP contribution in [0.15, 0.2) is 82.1 Å². The third-order valence-electron chi connectivity index (χ3n) is 3.14. The molecule has 0 saturated carbocycles. The Balaban J connectivity index is 1.53. The number of rotatable bonds is 4. The van der Waals surface area contributed by atoms with Crippen LogP contribution in [0, 0.1) is 0 Å².